The summed E-state index contributed by atoms with van der Waals surface area (Å²) in [6.07, 6.45) is 0. The number of morpholine rings is 1. The van der Waals surface area contributed by atoms with E-state index in [1.807, 2.05) is 18.2 Å². The van der Waals surface area contributed by atoms with Crippen LogP contribution in [0, 0.1) is 0 Å². The van der Waals surface area contributed by atoms with E-state index in [-0.39, 0.29) is 17.2 Å². The summed E-state index contributed by atoms with van der Waals surface area (Å²) in [7, 11) is 0. The maximum Gasteiger partial charge on any atom is 0.276 e. The first-order valence-electron chi connectivity index (χ1n) is 9.39. The summed E-state index contributed by atoms with van der Waals surface area (Å²) in [6.45, 7) is 2.23. The van der Waals surface area contributed by atoms with Crippen LogP contribution in [0.4, 0.5) is 5.69 Å². The number of anilines is 1. The molecule has 1 amide bonds. The summed E-state index contributed by atoms with van der Waals surface area (Å²) in [5.41, 5.74) is 9.72. The summed E-state index contributed by atoms with van der Waals surface area (Å²) in [6, 6.07) is 12.6. The van der Waals surface area contributed by atoms with Crippen LogP contribution in [0.1, 0.15) is 10.4 Å². The molecule has 8 nitrogen and oxygen atoms in total. The number of fused-ring (bicyclic) bond motifs is 2. The highest BCUT2D eigenvalue weighted by molar-refractivity contribution is 6.04. The molecule has 0 saturated carbocycles. The van der Waals surface area contributed by atoms with Crippen LogP contribution in [-0.4, -0.2) is 52.1 Å². The first-order chi connectivity index (χ1) is 14.1. The van der Waals surface area contributed by atoms with Gasteiger partial charge >= 0.3 is 0 Å². The molecule has 2 aromatic heterocycles. The van der Waals surface area contributed by atoms with Crippen LogP contribution in [0.2, 0.25) is 0 Å². The quantitative estimate of drug-likeness (QED) is 0.485. The van der Waals surface area contributed by atoms with E-state index in [0.717, 1.165) is 5.52 Å². The number of nitrogens with zero attached hydrogens (tertiary/aromatic N) is 2. The second kappa shape index (κ2) is 6.75. The lowest BCUT2D eigenvalue weighted by atomic mass is 10.1. The summed E-state index contributed by atoms with van der Waals surface area (Å²) in [5, 5.41) is 0.688. The second-order valence-electron chi connectivity index (χ2n) is 7.01. The number of hydrogen-bond donors (Lipinski definition) is 3. The molecule has 3 heterocycles. The molecule has 4 aromatic rings. The molecule has 146 valence electrons. The molecule has 1 fully saturated rings. The van der Waals surface area contributed by atoms with E-state index in [2.05, 4.69) is 15.0 Å². The van der Waals surface area contributed by atoms with Crippen molar-refractivity contribution in [3.05, 3.63) is 58.4 Å². The number of rotatable bonds is 2. The minimum atomic E-state index is -0.327. The zero-order valence-corrected chi connectivity index (χ0v) is 15.6. The number of carbonyl (C=O) groups excluding carboxylic acids is 1. The lowest BCUT2D eigenvalue weighted by Gasteiger charge is -2.26. The summed E-state index contributed by atoms with van der Waals surface area (Å²) >= 11 is 0. The number of aromatic nitrogens is 3. The number of aromatic amines is 2. The third-order valence-electron chi connectivity index (χ3n) is 5.22. The molecule has 0 atom stereocenters. The van der Waals surface area contributed by atoms with Crippen LogP contribution >= 0.6 is 0 Å². The highest BCUT2D eigenvalue weighted by Crippen LogP contribution is 2.31. The van der Waals surface area contributed by atoms with Gasteiger partial charge in [0.2, 0.25) is 0 Å². The Balaban J connectivity index is 1.60. The van der Waals surface area contributed by atoms with Crippen LogP contribution in [0.15, 0.2) is 47.3 Å². The van der Waals surface area contributed by atoms with Gasteiger partial charge in [-0.15, -0.1) is 0 Å². The standard InChI is InChI=1S/C21H19N5O3/c22-17-13-11-12(21(28)26-7-9-29-10-8-26)5-6-14(13)23-18(17)19-20(27)25-16-4-2-1-3-15(16)24-19/h1-6,11,23H,7-10,22H2,(H,25,27). The highest BCUT2D eigenvalue weighted by Gasteiger charge is 2.21. The Bertz CT molecular complexity index is 1300. The van der Waals surface area contributed by atoms with Gasteiger partial charge in [-0.1, -0.05) is 12.1 Å². The number of nitrogens with two attached hydrogens (primary N) is 1. The Morgan fingerprint density at radius 1 is 1.07 bits per heavy atom. The molecule has 0 unspecified atom stereocenters. The van der Waals surface area contributed by atoms with E-state index in [4.69, 9.17) is 10.5 Å². The molecule has 1 saturated heterocycles. The molecule has 0 spiro atoms. The highest BCUT2D eigenvalue weighted by atomic mass is 16.5. The third-order valence-corrected chi connectivity index (χ3v) is 5.22. The van der Waals surface area contributed by atoms with Crippen LogP contribution in [0.3, 0.4) is 0 Å². The van der Waals surface area contributed by atoms with Crippen molar-refractivity contribution in [2.45, 2.75) is 0 Å². The molecule has 5 rings (SSSR count). The number of nitrogens with one attached hydrogen (secondary N) is 2. The number of ether oxygens (including phenoxy) is 1. The van der Waals surface area contributed by atoms with Crippen LogP contribution < -0.4 is 11.3 Å². The number of para-hydroxylation sites is 2. The number of H-pyrrole nitrogens is 2. The molecule has 0 aliphatic carbocycles. The van der Waals surface area contributed by atoms with Crippen molar-refractivity contribution >= 4 is 33.5 Å². The van der Waals surface area contributed by atoms with Crippen LogP contribution in [0.5, 0.6) is 0 Å². The topological polar surface area (TPSA) is 117 Å². The predicted molar refractivity (Wildman–Crippen MR) is 111 cm³/mol. The van der Waals surface area contributed by atoms with Gasteiger partial charge in [0.15, 0.2) is 5.69 Å². The number of amides is 1. The first-order valence-corrected chi connectivity index (χ1v) is 9.39. The van der Waals surface area contributed by atoms with Crippen molar-refractivity contribution in [3.8, 4) is 11.4 Å². The summed E-state index contributed by atoms with van der Waals surface area (Å²) in [4.78, 5) is 37.6. The summed E-state index contributed by atoms with van der Waals surface area (Å²) in [5.74, 6) is -0.0565. The van der Waals surface area contributed by atoms with Crippen molar-refractivity contribution in [2.75, 3.05) is 32.0 Å². The van der Waals surface area contributed by atoms with Gasteiger partial charge in [-0.25, -0.2) is 4.98 Å². The molecular formula is C21H19N5O3. The largest absolute Gasteiger partial charge is 0.396 e. The Kier molecular flexibility index (Phi) is 4.06. The predicted octanol–water partition coefficient (Wildman–Crippen LogP) is 2.13. The van der Waals surface area contributed by atoms with Crippen LogP contribution in [0.25, 0.3) is 33.3 Å². The number of benzene rings is 2. The lowest BCUT2D eigenvalue weighted by Crippen LogP contribution is -2.40. The molecule has 0 radical (unpaired) electrons. The van der Waals surface area contributed by atoms with Crippen molar-refractivity contribution in [2.24, 2.45) is 0 Å². The fourth-order valence-corrected chi connectivity index (χ4v) is 3.68. The van der Waals surface area contributed by atoms with Crippen molar-refractivity contribution in [3.63, 3.8) is 0 Å². The number of hydrogen-bond acceptors (Lipinski definition) is 5. The monoisotopic (exact) mass is 389 g/mol. The molecule has 1 aliphatic heterocycles. The number of carbonyl (C=O) groups is 1. The Hall–Kier alpha value is -3.65. The molecule has 0 bridgehead atoms. The molecular weight excluding hydrogens is 370 g/mol. The number of nitrogen functional groups attached to an aromatic ring is 1. The average Bonchev–Trinajstić information content (AvgIpc) is 3.09. The van der Waals surface area contributed by atoms with E-state index in [0.29, 0.717) is 59.7 Å². The third kappa shape index (κ3) is 2.94. The molecule has 29 heavy (non-hydrogen) atoms. The lowest BCUT2D eigenvalue weighted by molar-refractivity contribution is 0.0303. The van der Waals surface area contributed by atoms with Gasteiger partial charge in [0.25, 0.3) is 11.5 Å². The zero-order chi connectivity index (χ0) is 20.0. The minimum Gasteiger partial charge on any atom is -0.396 e. The van der Waals surface area contributed by atoms with Gasteiger partial charge in [-0.05, 0) is 30.3 Å². The van der Waals surface area contributed by atoms with Gasteiger partial charge in [0.1, 0.15) is 0 Å². The maximum absolute atomic E-state index is 12.8. The van der Waals surface area contributed by atoms with Crippen molar-refractivity contribution in [1.82, 2.24) is 19.9 Å². The van der Waals surface area contributed by atoms with E-state index in [1.54, 1.807) is 29.2 Å². The van der Waals surface area contributed by atoms with E-state index in [1.165, 1.54) is 0 Å². The zero-order valence-electron chi connectivity index (χ0n) is 15.6. The molecule has 2 aromatic carbocycles. The fourth-order valence-electron chi connectivity index (χ4n) is 3.68. The van der Waals surface area contributed by atoms with Crippen molar-refractivity contribution in [1.29, 1.82) is 0 Å². The van der Waals surface area contributed by atoms with Gasteiger partial charge < -0.3 is 25.3 Å². The fraction of sp³-hybridized carbons (Fsp3) is 0.190. The normalized spacial score (nSPS) is 14.6. The Labute approximate surface area is 165 Å². The van der Waals surface area contributed by atoms with E-state index < -0.39 is 0 Å². The average molecular weight is 389 g/mol. The van der Waals surface area contributed by atoms with Gasteiger partial charge in [-0.2, -0.15) is 0 Å². The van der Waals surface area contributed by atoms with Crippen molar-refractivity contribution < 1.29 is 9.53 Å². The van der Waals surface area contributed by atoms with Gasteiger partial charge in [0.05, 0.1) is 35.6 Å². The second-order valence-corrected chi connectivity index (χ2v) is 7.01. The first kappa shape index (κ1) is 17.4. The Morgan fingerprint density at radius 2 is 1.86 bits per heavy atom. The van der Waals surface area contributed by atoms with E-state index in [9.17, 15) is 9.59 Å². The van der Waals surface area contributed by atoms with Gasteiger partial charge in [-0.3, -0.25) is 9.59 Å². The van der Waals surface area contributed by atoms with Crippen LogP contribution in [-0.2, 0) is 4.74 Å². The summed E-state index contributed by atoms with van der Waals surface area (Å²) < 4.78 is 5.31. The minimum absolute atomic E-state index is 0.0565. The maximum atomic E-state index is 12.8. The smallest absolute Gasteiger partial charge is 0.276 e. The Morgan fingerprint density at radius 3 is 2.69 bits per heavy atom. The van der Waals surface area contributed by atoms with E-state index >= 15 is 0 Å². The molecule has 4 N–H and O–H groups in total. The molecule has 1 aliphatic rings. The van der Waals surface area contributed by atoms with Gasteiger partial charge in [0, 0.05) is 29.6 Å². The SMILES string of the molecule is Nc1c(-c2nc3ccccc3[nH]c2=O)[nH]c2ccc(C(=O)N3CCOCC3)cc12. The molecule has 8 heteroatoms.